The molecule has 21 heavy (non-hydrogen) atoms. The molecule has 2 aromatic carbocycles. The van der Waals surface area contributed by atoms with Gasteiger partial charge < -0.3 is 10.1 Å². The van der Waals surface area contributed by atoms with Crippen LogP contribution >= 0.6 is 0 Å². The number of aryl methyl sites for hydroxylation is 1. The summed E-state index contributed by atoms with van der Waals surface area (Å²) in [6.45, 7) is 7.54. The van der Waals surface area contributed by atoms with E-state index in [1.165, 1.54) is 17.7 Å². The quantitative estimate of drug-likeness (QED) is 0.851. The highest BCUT2D eigenvalue weighted by molar-refractivity contribution is 5.39. The normalized spacial score (nSPS) is 12.2. The first-order valence-electron chi connectivity index (χ1n) is 7.31. The maximum Gasteiger partial charge on any atom is 0.124 e. The number of ether oxygens (including phenoxy) is 1. The highest BCUT2D eigenvalue weighted by atomic mass is 19.1. The van der Waals surface area contributed by atoms with E-state index in [0.717, 1.165) is 23.4 Å². The molecular weight excluding hydrogens is 265 g/mol. The van der Waals surface area contributed by atoms with Crippen LogP contribution < -0.4 is 10.1 Å². The summed E-state index contributed by atoms with van der Waals surface area (Å²) in [6.07, 6.45) is 0. The maximum atomic E-state index is 13.2. The van der Waals surface area contributed by atoms with Crippen molar-refractivity contribution in [1.29, 1.82) is 0 Å². The molecular formula is C18H22FNO. The van der Waals surface area contributed by atoms with Gasteiger partial charge in [-0.3, -0.25) is 0 Å². The number of rotatable bonds is 6. The smallest absolute Gasteiger partial charge is 0.124 e. The fourth-order valence-corrected chi connectivity index (χ4v) is 2.34. The monoisotopic (exact) mass is 287 g/mol. The average Bonchev–Trinajstić information content (AvgIpc) is 2.46. The van der Waals surface area contributed by atoms with Crippen LogP contribution in [0.1, 0.15) is 36.6 Å². The Hall–Kier alpha value is -1.87. The number of hydrogen-bond donors (Lipinski definition) is 1. The van der Waals surface area contributed by atoms with Crippen molar-refractivity contribution < 1.29 is 9.13 Å². The number of nitrogens with one attached hydrogen (secondary N) is 1. The lowest BCUT2D eigenvalue weighted by molar-refractivity contribution is 0.299. The van der Waals surface area contributed by atoms with Crippen molar-refractivity contribution >= 4 is 0 Å². The van der Waals surface area contributed by atoms with E-state index in [1.54, 1.807) is 6.07 Å². The van der Waals surface area contributed by atoms with Crippen molar-refractivity contribution in [2.24, 2.45) is 0 Å². The van der Waals surface area contributed by atoms with Crippen molar-refractivity contribution in [1.82, 2.24) is 5.32 Å². The third-order valence-corrected chi connectivity index (χ3v) is 3.43. The minimum Gasteiger partial charge on any atom is -0.489 e. The zero-order valence-corrected chi connectivity index (χ0v) is 12.8. The largest absolute Gasteiger partial charge is 0.489 e. The van der Waals surface area contributed by atoms with Gasteiger partial charge in [0.05, 0.1) is 0 Å². The van der Waals surface area contributed by atoms with E-state index in [1.807, 2.05) is 18.2 Å². The van der Waals surface area contributed by atoms with Crippen LogP contribution in [0.5, 0.6) is 5.75 Å². The highest BCUT2D eigenvalue weighted by Gasteiger charge is 2.11. The summed E-state index contributed by atoms with van der Waals surface area (Å²) >= 11 is 0. The number of benzene rings is 2. The van der Waals surface area contributed by atoms with Crippen molar-refractivity contribution in [3.63, 3.8) is 0 Å². The number of hydrogen-bond acceptors (Lipinski definition) is 2. The highest BCUT2D eigenvalue weighted by Crippen LogP contribution is 2.27. The molecule has 0 spiro atoms. The van der Waals surface area contributed by atoms with E-state index in [-0.39, 0.29) is 11.9 Å². The molecule has 0 saturated heterocycles. The summed E-state index contributed by atoms with van der Waals surface area (Å²) in [7, 11) is 0. The van der Waals surface area contributed by atoms with Gasteiger partial charge in [0.1, 0.15) is 18.2 Å². The third kappa shape index (κ3) is 4.30. The molecule has 1 unspecified atom stereocenters. The first-order valence-corrected chi connectivity index (χ1v) is 7.31. The van der Waals surface area contributed by atoms with Crippen molar-refractivity contribution in [3.8, 4) is 5.75 Å². The molecule has 0 aromatic heterocycles. The van der Waals surface area contributed by atoms with Gasteiger partial charge in [-0.2, -0.15) is 0 Å². The van der Waals surface area contributed by atoms with Gasteiger partial charge in [0.2, 0.25) is 0 Å². The van der Waals surface area contributed by atoms with Crippen molar-refractivity contribution in [3.05, 3.63) is 65.0 Å². The van der Waals surface area contributed by atoms with Crippen LogP contribution in [0.25, 0.3) is 0 Å². The average molecular weight is 287 g/mol. The lowest BCUT2D eigenvalue weighted by atomic mass is 10.0. The molecule has 0 fully saturated rings. The van der Waals surface area contributed by atoms with E-state index < -0.39 is 0 Å². The zero-order valence-electron chi connectivity index (χ0n) is 12.8. The molecule has 2 rings (SSSR count). The Morgan fingerprint density at radius 2 is 2.00 bits per heavy atom. The molecule has 0 saturated carbocycles. The Bertz CT molecular complexity index is 598. The lowest BCUT2D eigenvalue weighted by Gasteiger charge is -2.18. The van der Waals surface area contributed by atoms with E-state index in [9.17, 15) is 4.39 Å². The van der Waals surface area contributed by atoms with Gasteiger partial charge in [0.25, 0.3) is 0 Å². The molecule has 0 aliphatic carbocycles. The van der Waals surface area contributed by atoms with Gasteiger partial charge in [-0.1, -0.05) is 36.8 Å². The van der Waals surface area contributed by atoms with Crippen molar-refractivity contribution in [2.45, 2.75) is 33.4 Å². The third-order valence-electron chi connectivity index (χ3n) is 3.43. The number of halogens is 1. The molecule has 2 nitrogen and oxygen atoms in total. The fourth-order valence-electron chi connectivity index (χ4n) is 2.34. The second kappa shape index (κ2) is 7.23. The molecule has 2 aromatic rings. The predicted molar refractivity (Wildman–Crippen MR) is 84.0 cm³/mol. The van der Waals surface area contributed by atoms with Crippen LogP contribution in [0.2, 0.25) is 0 Å². The first-order chi connectivity index (χ1) is 10.1. The van der Waals surface area contributed by atoms with Crippen LogP contribution in [0.4, 0.5) is 4.39 Å². The minimum atomic E-state index is -0.235. The summed E-state index contributed by atoms with van der Waals surface area (Å²) in [5, 5.41) is 3.40. The summed E-state index contributed by atoms with van der Waals surface area (Å²) in [4.78, 5) is 0. The van der Waals surface area contributed by atoms with Gasteiger partial charge in [-0.05, 0) is 44.2 Å². The van der Waals surface area contributed by atoms with Gasteiger partial charge in [0, 0.05) is 11.6 Å². The van der Waals surface area contributed by atoms with E-state index in [4.69, 9.17) is 4.74 Å². The topological polar surface area (TPSA) is 21.3 Å². The molecule has 1 atom stereocenters. The van der Waals surface area contributed by atoms with E-state index in [0.29, 0.717) is 6.61 Å². The molecule has 0 radical (unpaired) electrons. The van der Waals surface area contributed by atoms with Crippen LogP contribution in [0.15, 0.2) is 42.5 Å². The Balaban J connectivity index is 2.15. The molecule has 0 aliphatic heterocycles. The van der Waals surface area contributed by atoms with Crippen LogP contribution in [-0.2, 0) is 6.61 Å². The molecule has 0 heterocycles. The van der Waals surface area contributed by atoms with Crippen molar-refractivity contribution in [2.75, 3.05) is 6.54 Å². The SMILES string of the molecule is CCNC(C)c1cc(C)ccc1OCc1cccc(F)c1. The predicted octanol–water partition coefficient (Wildman–Crippen LogP) is 4.38. The molecule has 112 valence electrons. The van der Waals surface area contributed by atoms with Crippen LogP contribution in [0.3, 0.4) is 0 Å². The summed E-state index contributed by atoms with van der Waals surface area (Å²) in [6, 6.07) is 12.9. The summed E-state index contributed by atoms with van der Waals surface area (Å²) < 4.78 is 19.1. The first kappa shape index (κ1) is 15.5. The fraction of sp³-hybridized carbons (Fsp3) is 0.333. The summed E-state index contributed by atoms with van der Waals surface area (Å²) in [5.74, 6) is 0.611. The second-order valence-electron chi connectivity index (χ2n) is 5.24. The van der Waals surface area contributed by atoms with Crippen LogP contribution in [-0.4, -0.2) is 6.54 Å². The molecule has 0 aliphatic rings. The van der Waals surface area contributed by atoms with E-state index >= 15 is 0 Å². The lowest BCUT2D eigenvalue weighted by Crippen LogP contribution is -2.18. The zero-order chi connectivity index (χ0) is 15.2. The van der Waals surface area contributed by atoms with Gasteiger partial charge in [-0.15, -0.1) is 0 Å². The Kier molecular flexibility index (Phi) is 5.34. The molecule has 0 amide bonds. The minimum absolute atomic E-state index is 0.220. The van der Waals surface area contributed by atoms with Gasteiger partial charge >= 0.3 is 0 Å². The van der Waals surface area contributed by atoms with Crippen LogP contribution in [0, 0.1) is 12.7 Å². The van der Waals surface area contributed by atoms with E-state index in [2.05, 4.69) is 32.2 Å². The Labute approximate surface area is 126 Å². The molecule has 3 heteroatoms. The standard InChI is InChI=1S/C18H22FNO/c1-4-20-14(3)17-10-13(2)8-9-18(17)21-12-15-6-5-7-16(19)11-15/h5-11,14,20H,4,12H2,1-3H3. The Morgan fingerprint density at radius 3 is 2.71 bits per heavy atom. The maximum absolute atomic E-state index is 13.2. The van der Waals surface area contributed by atoms with Gasteiger partial charge in [0.15, 0.2) is 0 Å². The Morgan fingerprint density at radius 1 is 1.19 bits per heavy atom. The summed E-state index contributed by atoms with van der Waals surface area (Å²) in [5.41, 5.74) is 3.17. The van der Waals surface area contributed by atoms with Gasteiger partial charge in [-0.25, -0.2) is 4.39 Å². The molecule has 1 N–H and O–H groups in total. The second-order valence-corrected chi connectivity index (χ2v) is 5.24. The molecule has 0 bridgehead atoms.